The normalized spacial score (nSPS) is 20.5. The number of hydrogen-bond acceptors (Lipinski definition) is 7. The number of β-amino-alcohol motifs (C(OH)–C–C–N with tert-alkyl or cyclic N) is 1. The number of imidazole rings is 2. The lowest BCUT2D eigenvalue weighted by Crippen LogP contribution is -2.34. The van der Waals surface area contributed by atoms with Crippen LogP contribution in [0, 0.1) is 6.92 Å². The van der Waals surface area contributed by atoms with Crippen LogP contribution in [-0.2, 0) is 13.6 Å². The van der Waals surface area contributed by atoms with E-state index in [-0.39, 0.29) is 12.1 Å². The second-order valence-electron chi connectivity index (χ2n) is 8.74. The Bertz CT molecular complexity index is 1080. The highest BCUT2D eigenvalue weighted by Gasteiger charge is 2.35. The molecule has 1 aromatic carbocycles. The molecule has 3 aromatic rings. The fourth-order valence-corrected chi connectivity index (χ4v) is 4.65. The van der Waals surface area contributed by atoms with Crippen LogP contribution in [0.15, 0.2) is 36.9 Å². The average molecular weight is 439 g/mol. The molecule has 2 aromatic heterocycles. The van der Waals surface area contributed by atoms with Crippen molar-refractivity contribution in [3.63, 3.8) is 0 Å². The van der Waals surface area contributed by atoms with Crippen LogP contribution in [0.4, 0.5) is 0 Å². The molecule has 5 rings (SSSR count). The molecule has 32 heavy (non-hydrogen) atoms. The molecule has 170 valence electrons. The summed E-state index contributed by atoms with van der Waals surface area (Å²) in [6.45, 7) is 5.63. The van der Waals surface area contributed by atoms with Gasteiger partial charge in [0.2, 0.25) is 12.7 Å². The molecule has 0 spiro atoms. The van der Waals surface area contributed by atoms with Gasteiger partial charge in [0.1, 0.15) is 6.33 Å². The van der Waals surface area contributed by atoms with Crippen LogP contribution in [0.25, 0.3) is 5.95 Å². The Kier molecular flexibility index (Phi) is 5.62. The van der Waals surface area contributed by atoms with Crippen LogP contribution in [-0.4, -0.2) is 73.6 Å². The van der Waals surface area contributed by atoms with Crippen LogP contribution < -0.4 is 9.47 Å². The Hall–Kier alpha value is -2.88. The molecule has 9 nitrogen and oxygen atoms in total. The molecular weight excluding hydrogens is 408 g/mol. The lowest BCUT2D eigenvalue weighted by Gasteiger charge is -2.26. The van der Waals surface area contributed by atoms with Crippen LogP contribution >= 0.6 is 0 Å². The lowest BCUT2D eigenvalue weighted by molar-refractivity contribution is 0.165. The zero-order valence-corrected chi connectivity index (χ0v) is 18.8. The summed E-state index contributed by atoms with van der Waals surface area (Å²) >= 11 is 0. The van der Waals surface area contributed by atoms with Gasteiger partial charge in [0.25, 0.3) is 0 Å². The fraction of sp³-hybridized carbons (Fsp3) is 0.478. The molecule has 2 atom stereocenters. The topological polar surface area (TPSA) is 80.8 Å². The van der Waals surface area contributed by atoms with Crippen LogP contribution in [0.1, 0.15) is 29.4 Å². The monoisotopic (exact) mass is 438 g/mol. The molecule has 1 N–H and O–H groups in total. The van der Waals surface area contributed by atoms with Gasteiger partial charge in [-0.1, -0.05) is 6.07 Å². The molecule has 0 aliphatic carbocycles. The number of benzene rings is 1. The zero-order chi connectivity index (χ0) is 22.2. The van der Waals surface area contributed by atoms with Gasteiger partial charge in [-0.15, -0.1) is 0 Å². The van der Waals surface area contributed by atoms with Gasteiger partial charge in [-0.05, 0) is 38.1 Å². The minimum atomic E-state index is -0.336. The van der Waals surface area contributed by atoms with E-state index in [0.717, 1.165) is 48.5 Å². The molecular formula is C23H30N6O3. The molecule has 0 bridgehead atoms. The third-order valence-corrected chi connectivity index (χ3v) is 6.49. The smallest absolute Gasteiger partial charge is 0.231 e. The summed E-state index contributed by atoms with van der Waals surface area (Å²) in [6.07, 6.45) is 5.78. The molecule has 1 saturated heterocycles. The molecule has 9 heteroatoms. The Morgan fingerprint density at radius 1 is 1.25 bits per heavy atom. The number of aliphatic hydroxyl groups excluding tert-OH is 1. The first-order valence-electron chi connectivity index (χ1n) is 11.0. The van der Waals surface area contributed by atoms with E-state index in [1.807, 2.05) is 23.9 Å². The van der Waals surface area contributed by atoms with E-state index < -0.39 is 0 Å². The number of rotatable bonds is 7. The summed E-state index contributed by atoms with van der Waals surface area (Å²) in [5.74, 6) is 2.47. The van der Waals surface area contributed by atoms with E-state index in [1.165, 1.54) is 5.56 Å². The minimum absolute atomic E-state index is 0.104. The summed E-state index contributed by atoms with van der Waals surface area (Å²) in [7, 11) is 4.14. The average Bonchev–Trinajstić information content (AvgIpc) is 3.55. The van der Waals surface area contributed by atoms with Crippen molar-refractivity contribution in [1.82, 2.24) is 28.9 Å². The van der Waals surface area contributed by atoms with E-state index in [9.17, 15) is 5.11 Å². The number of fused-ring (bicyclic) bond motifs is 1. The van der Waals surface area contributed by atoms with Gasteiger partial charge in [-0.2, -0.15) is 0 Å². The zero-order valence-electron chi connectivity index (χ0n) is 18.8. The first-order valence-corrected chi connectivity index (χ1v) is 11.0. The second-order valence-corrected chi connectivity index (χ2v) is 8.74. The largest absolute Gasteiger partial charge is 0.454 e. The summed E-state index contributed by atoms with van der Waals surface area (Å²) in [5, 5.41) is 10.4. The van der Waals surface area contributed by atoms with Crippen LogP contribution in [0.3, 0.4) is 0 Å². The highest BCUT2D eigenvalue weighted by atomic mass is 16.7. The third kappa shape index (κ3) is 3.99. The van der Waals surface area contributed by atoms with Crippen molar-refractivity contribution in [2.45, 2.75) is 32.0 Å². The Morgan fingerprint density at radius 2 is 2.09 bits per heavy atom. The first-order chi connectivity index (χ1) is 15.5. The van der Waals surface area contributed by atoms with Gasteiger partial charge in [-0.3, -0.25) is 9.47 Å². The fourth-order valence-electron chi connectivity index (χ4n) is 4.65. The number of ether oxygens (including phenoxy) is 2. The molecule has 4 heterocycles. The summed E-state index contributed by atoms with van der Waals surface area (Å²) in [6, 6.07) is 6.21. The molecule has 2 unspecified atom stereocenters. The molecule has 2 aliphatic rings. The van der Waals surface area contributed by atoms with Crippen molar-refractivity contribution in [2.75, 3.05) is 33.5 Å². The highest BCUT2D eigenvalue weighted by Crippen LogP contribution is 2.34. The maximum atomic E-state index is 10.4. The molecule has 0 saturated carbocycles. The molecule has 0 radical (unpaired) electrons. The minimum Gasteiger partial charge on any atom is -0.454 e. The van der Waals surface area contributed by atoms with Crippen molar-refractivity contribution in [3.05, 3.63) is 53.9 Å². The van der Waals surface area contributed by atoms with Crippen LogP contribution in [0.2, 0.25) is 0 Å². The summed E-state index contributed by atoms with van der Waals surface area (Å²) in [4.78, 5) is 13.7. The van der Waals surface area contributed by atoms with Gasteiger partial charge < -0.3 is 24.0 Å². The Balaban J connectivity index is 1.26. The Morgan fingerprint density at radius 3 is 2.91 bits per heavy atom. The van der Waals surface area contributed by atoms with Gasteiger partial charge >= 0.3 is 0 Å². The van der Waals surface area contributed by atoms with Crippen molar-refractivity contribution >= 4 is 0 Å². The maximum absolute atomic E-state index is 10.4. The van der Waals surface area contributed by atoms with Crippen LogP contribution in [0.5, 0.6) is 11.5 Å². The van der Waals surface area contributed by atoms with Gasteiger partial charge in [0, 0.05) is 51.3 Å². The van der Waals surface area contributed by atoms with Crippen molar-refractivity contribution in [1.29, 1.82) is 0 Å². The molecule has 2 aliphatic heterocycles. The standard InChI is InChI=1S/C23H30N6O3/c1-16-22(25-23(27(16)3)29-7-6-24-14-29)19-11-18(30)13-28(19)9-8-26(2)12-17-4-5-20-21(10-17)32-15-31-20/h4-7,10,14,18-19,30H,8-9,11-13,15H2,1-3H3. The predicted octanol–water partition coefficient (Wildman–Crippen LogP) is 1.88. The van der Waals surface area contributed by atoms with E-state index in [0.29, 0.717) is 19.8 Å². The Labute approximate surface area is 187 Å². The van der Waals surface area contributed by atoms with Crippen molar-refractivity contribution in [2.24, 2.45) is 7.05 Å². The van der Waals surface area contributed by atoms with E-state index >= 15 is 0 Å². The van der Waals surface area contributed by atoms with Crippen molar-refractivity contribution < 1.29 is 14.6 Å². The summed E-state index contributed by atoms with van der Waals surface area (Å²) in [5.41, 5.74) is 3.35. The predicted molar refractivity (Wildman–Crippen MR) is 119 cm³/mol. The first kappa shape index (κ1) is 21.0. The number of hydrogen-bond donors (Lipinski definition) is 1. The SMILES string of the molecule is Cc1c(C2CC(O)CN2CCN(C)Cc2ccc3c(c2)OCO3)nc(-n2ccnc2)n1C. The van der Waals surface area contributed by atoms with Gasteiger partial charge in [-0.25, -0.2) is 9.97 Å². The maximum Gasteiger partial charge on any atom is 0.231 e. The number of nitrogens with zero attached hydrogens (tertiary/aromatic N) is 6. The number of aromatic nitrogens is 4. The summed E-state index contributed by atoms with van der Waals surface area (Å²) < 4.78 is 14.9. The molecule has 1 fully saturated rings. The molecule has 0 amide bonds. The lowest BCUT2D eigenvalue weighted by atomic mass is 10.1. The van der Waals surface area contributed by atoms with E-state index in [1.54, 1.807) is 12.5 Å². The van der Waals surface area contributed by atoms with Gasteiger partial charge in [0.15, 0.2) is 11.5 Å². The van der Waals surface area contributed by atoms with E-state index in [4.69, 9.17) is 14.5 Å². The number of likely N-dealkylation sites (N-methyl/N-ethyl adjacent to an activating group) is 1. The number of likely N-dealkylation sites (tertiary alicyclic amines) is 1. The highest BCUT2D eigenvalue weighted by molar-refractivity contribution is 5.44. The van der Waals surface area contributed by atoms with Crippen molar-refractivity contribution in [3.8, 4) is 17.4 Å². The number of aliphatic hydroxyl groups is 1. The van der Waals surface area contributed by atoms with Gasteiger partial charge in [0.05, 0.1) is 17.8 Å². The quantitative estimate of drug-likeness (QED) is 0.603. The van der Waals surface area contributed by atoms with E-state index in [2.05, 4.69) is 45.5 Å². The third-order valence-electron chi connectivity index (χ3n) is 6.49. The second kappa shape index (κ2) is 8.57.